The van der Waals surface area contributed by atoms with Gasteiger partial charge in [-0.1, -0.05) is 25.9 Å². The summed E-state index contributed by atoms with van der Waals surface area (Å²) in [5, 5.41) is 3.95. The number of anilines is 1. The van der Waals surface area contributed by atoms with Crippen LogP contribution in [0.2, 0.25) is 0 Å². The molecule has 0 amide bonds. The summed E-state index contributed by atoms with van der Waals surface area (Å²) in [6, 6.07) is 3.53. The first-order chi connectivity index (χ1) is 8.44. The van der Waals surface area contributed by atoms with E-state index in [-0.39, 0.29) is 4.75 Å². The van der Waals surface area contributed by atoms with Gasteiger partial charge < -0.3 is 10.3 Å². The van der Waals surface area contributed by atoms with Gasteiger partial charge in [0.05, 0.1) is 11.3 Å². The van der Waals surface area contributed by atoms with E-state index >= 15 is 0 Å². The molecule has 0 saturated carbocycles. The van der Waals surface area contributed by atoms with Crippen LogP contribution >= 0.6 is 11.8 Å². The number of pyridine rings is 1. The summed E-state index contributed by atoms with van der Waals surface area (Å²) >= 11 is 1.78. The zero-order valence-electron chi connectivity index (χ0n) is 10.7. The fraction of sp³-hybridized carbons (Fsp3) is 0.417. The Hall–Kier alpha value is -1.56. The van der Waals surface area contributed by atoms with E-state index in [0.717, 1.165) is 11.3 Å². The van der Waals surface area contributed by atoms with Crippen molar-refractivity contribution in [3.8, 4) is 11.5 Å². The molecule has 0 aromatic carbocycles. The second kappa shape index (κ2) is 4.97. The normalized spacial score (nSPS) is 11.7. The minimum atomic E-state index is 0.184. The van der Waals surface area contributed by atoms with E-state index in [4.69, 9.17) is 10.3 Å². The van der Waals surface area contributed by atoms with Crippen LogP contribution in [0, 0.1) is 0 Å². The molecular weight excluding hydrogens is 248 g/mol. The van der Waals surface area contributed by atoms with Gasteiger partial charge in [0, 0.05) is 10.9 Å². The molecule has 2 aromatic heterocycles. The Morgan fingerprint density at radius 1 is 1.33 bits per heavy atom. The highest BCUT2D eigenvalue weighted by atomic mass is 32.2. The minimum Gasteiger partial charge on any atom is -0.384 e. The SMILES string of the molecule is CC(C)(C)SCc1noc(-c2ccc(N)nc2)n1. The number of rotatable bonds is 3. The second-order valence-electron chi connectivity index (χ2n) is 4.89. The monoisotopic (exact) mass is 264 g/mol. The number of hydrogen-bond donors (Lipinski definition) is 1. The summed E-state index contributed by atoms with van der Waals surface area (Å²) in [4.78, 5) is 8.33. The predicted molar refractivity (Wildman–Crippen MR) is 73.0 cm³/mol. The van der Waals surface area contributed by atoms with Crippen molar-refractivity contribution in [1.29, 1.82) is 0 Å². The van der Waals surface area contributed by atoms with Crippen molar-refractivity contribution in [3.63, 3.8) is 0 Å². The first-order valence-corrected chi connectivity index (χ1v) is 6.61. The van der Waals surface area contributed by atoms with Crippen LogP contribution in [0.1, 0.15) is 26.6 Å². The lowest BCUT2D eigenvalue weighted by atomic mass is 10.3. The minimum absolute atomic E-state index is 0.184. The summed E-state index contributed by atoms with van der Waals surface area (Å²) < 4.78 is 5.38. The third-order valence-corrected chi connectivity index (χ3v) is 3.40. The molecule has 2 aromatic rings. The molecule has 2 rings (SSSR count). The fourth-order valence-corrected chi connectivity index (χ4v) is 1.92. The van der Waals surface area contributed by atoms with Crippen LogP contribution < -0.4 is 5.73 Å². The Bertz CT molecular complexity index is 516. The predicted octanol–water partition coefficient (Wildman–Crippen LogP) is 2.75. The molecule has 0 saturated heterocycles. The quantitative estimate of drug-likeness (QED) is 0.918. The number of nitrogens with two attached hydrogens (primary N) is 1. The number of nitrogen functional groups attached to an aromatic ring is 1. The third kappa shape index (κ3) is 3.46. The lowest BCUT2D eigenvalue weighted by molar-refractivity contribution is 0.425. The number of aromatic nitrogens is 3. The van der Waals surface area contributed by atoms with E-state index in [1.165, 1.54) is 0 Å². The van der Waals surface area contributed by atoms with Crippen molar-refractivity contribution >= 4 is 17.6 Å². The van der Waals surface area contributed by atoms with Gasteiger partial charge in [0.15, 0.2) is 5.82 Å². The average Bonchev–Trinajstić information content (AvgIpc) is 2.75. The molecule has 0 radical (unpaired) electrons. The second-order valence-corrected chi connectivity index (χ2v) is 6.69. The van der Waals surface area contributed by atoms with E-state index in [1.54, 1.807) is 24.0 Å². The lowest BCUT2D eigenvalue weighted by Gasteiger charge is -2.15. The summed E-state index contributed by atoms with van der Waals surface area (Å²) in [6.45, 7) is 6.47. The Labute approximate surface area is 110 Å². The molecule has 0 unspecified atom stereocenters. The van der Waals surface area contributed by atoms with Crippen molar-refractivity contribution in [2.45, 2.75) is 31.3 Å². The van der Waals surface area contributed by atoms with E-state index in [0.29, 0.717) is 17.5 Å². The fourth-order valence-electron chi connectivity index (χ4n) is 1.24. The first kappa shape index (κ1) is 12.9. The molecule has 6 heteroatoms. The highest BCUT2D eigenvalue weighted by Gasteiger charge is 2.14. The molecule has 0 aliphatic carbocycles. The van der Waals surface area contributed by atoms with Gasteiger partial charge >= 0.3 is 0 Å². The maximum absolute atomic E-state index is 5.52. The molecule has 0 aliphatic rings. The van der Waals surface area contributed by atoms with Gasteiger partial charge in [0.1, 0.15) is 5.82 Å². The molecule has 0 aliphatic heterocycles. The Balaban J connectivity index is 2.08. The van der Waals surface area contributed by atoms with Crippen molar-refractivity contribution in [2.24, 2.45) is 0 Å². The van der Waals surface area contributed by atoms with E-state index in [2.05, 4.69) is 35.9 Å². The molecule has 0 fully saturated rings. The lowest BCUT2D eigenvalue weighted by Crippen LogP contribution is -2.07. The van der Waals surface area contributed by atoms with Gasteiger partial charge in [0.25, 0.3) is 5.89 Å². The van der Waals surface area contributed by atoms with E-state index < -0.39 is 0 Å². The van der Waals surface area contributed by atoms with Crippen LogP contribution in [0.3, 0.4) is 0 Å². The zero-order chi connectivity index (χ0) is 13.2. The van der Waals surface area contributed by atoms with Crippen LogP contribution in [-0.2, 0) is 5.75 Å². The van der Waals surface area contributed by atoms with Gasteiger partial charge in [0.2, 0.25) is 0 Å². The summed E-state index contributed by atoms with van der Waals surface area (Å²) in [5.74, 6) is 2.38. The van der Waals surface area contributed by atoms with Gasteiger partial charge in [-0.3, -0.25) is 0 Å². The summed E-state index contributed by atoms with van der Waals surface area (Å²) in [7, 11) is 0. The first-order valence-electron chi connectivity index (χ1n) is 5.62. The maximum atomic E-state index is 5.52. The van der Waals surface area contributed by atoms with Gasteiger partial charge in [-0.05, 0) is 12.1 Å². The standard InChI is InChI=1S/C12H16N4OS/c1-12(2,3)18-7-10-15-11(17-16-10)8-4-5-9(13)14-6-8/h4-6H,7H2,1-3H3,(H2,13,14). The van der Waals surface area contributed by atoms with Crippen molar-refractivity contribution in [3.05, 3.63) is 24.2 Å². The Morgan fingerprint density at radius 2 is 2.11 bits per heavy atom. The van der Waals surface area contributed by atoms with Gasteiger partial charge in [-0.25, -0.2) is 4.98 Å². The van der Waals surface area contributed by atoms with Crippen LogP contribution in [-0.4, -0.2) is 19.9 Å². The summed E-state index contributed by atoms with van der Waals surface area (Å²) in [5.41, 5.74) is 6.31. The summed E-state index contributed by atoms with van der Waals surface area (Å²) in [6.07, 6.45) is 1.63. The maximum Gasteiger partial charge on any atom is 0.259 e. The molecular formula is C12H16N4OS. The zero-order valence-corrected chi connectivity index (χ0v) is 11.5. The average molecular weight is 264 g/mol. The highest BCUT2D eigenvalue weighted by Crippen LogP contribution is 2.27. The Kier molecular flexibility index (Phi) is 3.56. The molecule has 0 spiro atoms. The molecule has 5 nitrogen and oxygen atoms in total. The van der Waals surface area contributed by atoms with Crippen LogP contribution in [0.4, 0.5) is 5.82 Å². The van der Waals surface area contributed by atoms with E-state index in [9.17, 15) is 0 Å². The van der Waals surface area contributed by atoms with Crippen molar-refractivity contribution in [1.82, 2.24) is 15.1 Å². The smallest absolute Gasteiger partial charge is 0.259 e. The molecule has 18 heavy (non-hydrogen) atoms. The number of hydrogen-bond acceptors (Lipinski definition) is 6. The molecule has 2 heterocycles. The largest absolute Gasteiger partial charge is 0.384 e. The van der Waals surface area contributed by atoms with Crippen LogP contribution in [0.25, 0.3) is 11.5 Å². The molecule has 96 valence electrons. The van der Waals surface area contributed by atoms with E-state index in [1.807, 2.05) is 6.07 Å². The van der Waals surface area contributed by atoms with Crippen LogP contribution in [0.15, 0.2) is 22.9 Å². The van der Waals surface area contributed by atoms with Crippen molar-refractivity contribution < 1.29 is 4.52 Å². The number of thioether (sulfide) groups is 1. The van der Waals surface area contributed by atoms with Gasteiger partial charge in [-0.15, -0.1) is 11.8 Å². The van der Waals surface area contributed by atoms with Crippen molar-refractivity contribution in [2.75, 3.05) is 5.73 Å². The number of nitrogens with zero attached hydrogens (tertiary/aromatic N) is 3. The van der Waals surface area contributed by atoms with Crippen LogP contribution in [0.5, 0.6) is 0 Å². The highest BCUT2D eigenvalue weighted by molar-refractivity contribution is 7.99. The molecule has 2 N–H and O–H groups in total. The third-order valence-electron chi connectivity index (χ3n) is 2.14. The van der Waals surface area contributed by atoms with Gasteiger partial charge in [-0.2, -0.15) is 4.98 Å². The Morgan fingerprint density at radius 3 is 2.72 bits per heavy atom. The topological polar surface area (TPSA) is 77.8 Å². The molecule has 0 bridgehead atoms. The molecule has 0 atom stereocenters.